The third kappa shape index (κ3) is 3.76. The Morgan fingerprint density at radius 3 is 2.44 bits per heavy atom. The smallest absolute Gasteiger partial charge is 0.322 e. The Labute approximate surface area is 114 Å². The van der Waals surface area contributed by atoms with E-state index in [4.69, 9.17) is 5.11 Å². The van der Waals surface area contributed by atoms with E-state index in [9.17, 15) is 13.2 Å². The standard InChI is InChI=1S/C10H13BrN2O4S/c1-6(2)9(10(14)15)13-18(16,17)8-4-3-7(11)5-12-8/h3-6,9,13H,1-2H3,(H,14,15)/t9-/m0/s1. The van der Waals surface area contributed by atoms with Crippen molar-refractivity contribution in [2.24, 2.45) is 5.92 Å². The highest BCUT2D eigenvalue weighted by molar-refractivity contribution is 9.10. The Morgan fingerprint density at radius 2 is 2.06 bits per heavy atom. The van der Waals surface area contributed by atoms with Gasteiger partial charge in [0.1, 0.15) is 6.04 Å². The highest BCUT2D eigenvalue weighted by Crippen LogP contribution is 2.13. The Hall–Kier alpha value is -0.990. The van der Waals surface area contributed by atoms with Crippen LogP contribution in [0.5, 0.6) is 0 Å². The van der Waals surface area contributed by atoms with Crippen LogP contribution in [0.25, 0.3) is 0 Å². The largest absolute Gasteiger partial charge is 0.480 e. The van der Waals surface area contributed by atoms with Gasteiger partial charge in [0, 0.05) is 10.7 Å². The van der Waals surface area contributed by atoms with Gasteiger partial charge in [0.05, 0.1) is 0 Å². The van der Waals surface area contributed by atoms with Crippen molar-refractivity contribution in [2.75, 3.05) is 0 Å². The van der Waals surface area contributed by atoms with Crippen molar-refractivity contribution in [1.82, 2.24) is 9.71 Å². The molecule has 0 unspecified atom stereocenters. The molecule has 0 aliphatic carbocycles. The van der Waals surface area contributed by atoms with Gasteiger partial charge in [0.15, 0.2) is 5.03 Å². The minimum Gasteiger partial charge on any atom is -0.480 e. The van der Waals surface area contributed by atoms with Gasteiger partial charge >= 0.3 is 5.97 Å². The van der Waals surface area contributed by atoms with Crippen LogP contribution in [0.15, 0.2) is 27.8 Å². The SMILES string of the molecule is CC(C)[C@H](NS(=O)(=O)c1ccc(Br)cn1)C(=O)O. The molecule has 0 radical (unpaired) electrons. The van der Waals surface area contributed by atoms with Gasteiger partial charge in [0.25, 0.3) is 10.0 Å². The van der Waals surface area contributed by atoms with Crippen molar-refractivity contribution in [1.29, 1.82) is 0 Å². The van der Waals surface area contributed by atoms with E-state index in [1.165, 1.54) is 18.3 Å². The highest BCUT2D eigenvalue weighted by atomic mass is 79.9. The fraction of sp³-hybridized carbons (Fsp3) is 0.400. The number of sulfonamides is 1. The molecule has 1 aromatic rings. The summed E-state index contributed by atoms with van der Waals surface area (Å²) in [6, 6.07) is 1.64. The molecule has 2 N–H and O–H groups in total. The molecule has 6 nitrogen and oxygen atoms in total. The molecule has 0 aliphatic rings. The highest BCUT2D eigenvalue weighted by Gasteiger charge is 2.28. The van der Waals surface area contributed by atoms with E-state index in [2.05, 4.69) is 25.6 Å². The fourth-order valence-corrected chi connectivity index (χ4v) is 2.72. The van der Waals surface area contributed by atoms with Gasteiger partial charge in [-0.05, 0) is 34.0 Å². The van der Waals surface area contributed by atoms with Gasteiger partial charge in [-0.1, -0.05) is 13.8 Å². The Morgan fingerprint density at radius 1 is 1.44 bits per heavy atom. The number of rotatable bonds is 5. The van der Waals surface area contributed by atoms with Crippen LogP contribution in [-0.2, 0) is 14.8 Å². The molecule has 0 fully saturated rings. The fourth-order valence-electron chi connectivity index (χ4n) is 1.22. The molecular weight excluding hydrogens is 324 g/mol. The lowest BCUT2D eigenvalue weighted by Crippen LogP contribution is -2.44. The van der Waals surface area contributed by atoms with E-state index in [1.54, 1.807) is 13.8 Å². The molecule has 18 heavy (non-hydrogen) atoms. The Bertz CT molecular complexity index is 527. The molecule has 0 aromatic carbocycles. The summed E-state index contributed by atoms with van der Waals surface area (Å²) >= 11 is 3.14. The molecule has 0 aliphatic heterocycles. The summed E-state index contributed by atoms with van der Waals surface area (Å²) in [6.45, 7) is 3.24. The normalized spacial score (nSPS) is 13.6. The van der Waals surface area contributed by atoms with E-state index in [0.29, 0.717) is 4.47 Å². The van der Waals surface area contributed by atoms with Crippen molar-refractivity contribution >= 4 is 31.9 Å². The second kappa shape index (κ2) is 5.77. The Kier molecular flexibility index (Phi) is 4.83. The number of aromatic nitrogens is 1. The minimum atomic E-state index is -3.93. The van der Waals surface area contributed by atoms with Crippen LogP contribution in [0.3, 0.4) is 0 Å². The van der Waals surface area contributed by atoms with Crippen molar-refractivity contribution in [3.63, 3.8) is 0 Å². The maximum Gasteiger partial charge on any atom is 0.322 e. The second-order valence-electron chi connectivity index (χ2n) is 4.00. The van der Waals surface area contributed by atoms with Gasteiger partial charge in [-0.3, -0.25) is 4.79 Å². The van der Waals surface area contributed by atoms with Crippen molar-refractivity contribution in [3.05, 3.63) is 22.8 Å². The molecule has 0 bridgehead atoms. The summed E-state index contributed by atoms with van der Waals surface area (Å²) < 4.78 is 26.6. The van der Waals surface area contributed by atoms with Crippen LogP contribution < -0.4 is 4.72 Å². The lowest BCUT2D eigenvalue weighted by atomic mass is 10.1. The molecule has 100 valence electrons. The first-order valence-corrected chi connectivity index (χ1v) is 7.38. The van der Waals surface area contributed by atoms with E-state index in [-0.39, 0.29) is 10.9 Å². The maximum atomic E-state index is 11.9. The van der Waals surface area contributed by atoms with Gasteiger partial charge in [-0.15, -0.1) is 0 Å². The predicted molar refractivity (Wildman–Crippen MR) is 68.5 cm³/mol. The quantitative estimate of drug-likeness (QED) is 0.842. The molecule has 1 rings (SSSR count). The zero-order valence-electron chi connectivity index (χ0n) is 9.79. The number of pyridine rings is 1. The van der Waals surface area contributed by atoms with Crippen LogP contribution in [0.4, 0.5) is 0 Å². The molecule has 0 amide bonds. The van der Waals surface area contributed by atoms with Gasteiger partial charge in [-0.2, -0.15) is 4.72 Å². The zero-order chi connectivity index (χ0) is 13.9. The number of aliphatic carboxylic acids is 1. The van der Waals surface area contributed by atoms with Crippen LogP contribution in [0.1, 0.15) is 13.8 Å². The summed E-state index contributed by atoms with van der Waals surface area (Å²) in [4.78, 5) is 14.7. The Balaban J connectivity index is 3.01. The number of nitrogens with zero attached hydrogens (tertiary/aromatic N) is 1. The number of hydrogen-bond donors (Lipinski definition) is 2. The first kappa shape index (κ1) is 15.1. The van der Waals surface area contributed by atoms with Gasteiger partial charge in [0.2, 0.25) is 0 Å². The summed E-state index contributed by atoms with van der Waals surface area (Å²) in [5, 5.41) is 8.73. The molecule has 8 heteroatoms. The van der Waals surface area contributed by atoms with E-state index >= 15 is 0 Å². The van der Waals surface area contributed by atoms with E-state index in [1.807, 2.05) is 0 Å². The van der Waals surface area contributed by atoms with Gasteiger partial charge < -0.3 is 5.11 Å². The molecule has 1 atom stereocenters. The molecule has 1 aromatic heterocycles. The predicted octanol–water partition coefficient (Wildman–Crippen LogP) is 1.23. The second-order valence-corrected chi connectivity index (χ2v) is 6.57. The monoisotopic (exact) mass is 336 g/mol. The van der Waals surface area contributed by atoms with Gasteiger partial charge in [-0.25, -0.2) is 13.4 Å². The van der Waals surface area contributed by atoms with Crippen LogP contribution in [0.2, 0.25) is 0 Å². The minimum absolute atomic E-state index is 0.211. The summed E-state index contributed by atoms with van der Waals surface area (Å²) in [7, 11) is -3.93. The summed E-state index contributed by atoms with van der Waals surface area (Å²) in [6.07, 6.45) is 1.33. The molecule has 1 heterocycles. The van der Waals surface area contributed by atoms with Crippen molar-refractivity contribution in [3.8, 4) is 0 Å². The molecule has 0 saturated carbocycles. The number of hydrogen-bond acceptors (Lipinski definition) is 4. The molecular formula is C10H13BrN2O4S. The number of carboxylic acid groups (broad SMARTS) is 1. The average molecular weight is 337 g/mol. The van der Waals surface area contributed by atoms with Crippen molar-refractivity contribution < 1.29 is 18.3 Å². The van der Waals surface area contributed by atoms with Crippen molar-refractivity contribution in [2.45, 2.75) is 24.9 Å². The number of carbonyl (C=O) groups is 1. The first-order chi connectivity index (χ1) is 8.24. The number of carboxylic acids is 1. The van der Waals surface area contributed by atoms with E-state index < -0.39 is 22.0 Å². The average Bonchev–Trinajstić information content (AvgIpc) is 2.26. The summed E-state index contributed by atoms with van der Waals surface area (Å²) in [5.41, 5.74) is 0. The maximum absolute atomic E-state index is 11.9. The first-order valence-electron chi connectivity index (χ1n) is 5.10. The number of nitrogens with one attached hydrogen (secondary N) is 1. The van der Waals surface area contributed by atoms with Crippen LogP contribution in [-0.4, -0.2) is 30.5 Å². The topological polar surface area (TPSA) is 96.4 Å². The molecule has 0 saturated heterocycles. The van der Waals surface area contributed by atoms with Crippen LogP contribution >= 0.6 is 15.9 Å². The third-order valence-electron chi connectivity index (χ3n) is 2.19. The molecule has 0 spiro atoms. The third-order valence-corrected chi connectivity index (χ3v) is 4.02. The summed E-state index contributed by atoms with van der Waals surface area (Å²) in [5.74, 6) is -1.58. The van der Waals surface area contributed by atoms with Crippen LogP contribution in [0, 0.1) is 5.92 Å². The zero-order valence-corrected chi connectivity index (χ0v) is 12.2. The van der Waals surface area contributed by atoms with E-state index in [0.717, 1.165) is 0 Å². The lowest BCUT2D eigenvalue weighted by molar-refractivity contribution is -0.140. The number of halogens is 1. The lowest BCUT2D eigenvalue weighted by Gasteiger charge is -2.17.